The first kappa shape index (κ1) is 12.6. The van der Waals surface area contributed by atoms with Crippen LogP contribution in [-0.4, -0.2) is 0 Å². The molecule has 0 saturated carbocycles. The molecular weight excluding hydrogens is 248 g/mol. The second kappa shape index (κ2) is 5.66. The van der Waals surface area contributed by atoms with E-state index in [-0.39, 0.29) is 0 Å². The average Bonchev–Trinajstić information content (AvgIpc) is 2.48. The molecule has 3 rings (SSSR count). The van der Waals surface area contributed by atoms with Crippen molar-refractivity contribution in [1.82, 2.24) is 0 Å². The highest BCUT2D eigenvalue weighted by atomic mass is 32.2. The molecule has 0 amide bonds. The molecule has 96 valence electrons. The van der Waals surface area contributed by atoms with E-state index in [9.17, 15) is 0 Å². The Morgan fingerprint density at radius 2 is 1.68 bits per heavy atom. The summed E-state index contributed by atoms with van der Waals surface area (Å²) in [6.07, 6.45) is 7.82. The number of aryl methyl sites for hydroxylation is 1. The normalized spacial score (nSPS) is 13.3. The van der Waals surface area contributed by atoms with Crippen LogP contribution >= 0.6 is 11.8 Å². The second-order valence-corrected chi connectivity index (χ2v) is 5.92. The number of hydrogen-bond donors (Lipinski definition) is 0. The van der Waals surface area contributed by atoms with Gasteiger partial charge in [-0.1, -0.05) is 61.2 Å². The van der Waals surface area contributed by atoms with E-state index in [0.29, 0.717) is 0 Å². The molecule has 0 atom stereocenters. The molecule has 0 bridgehead atoms. The zero-order valence-corrected chi connectivity index (χ0v) is 12.0. The molecule has 19 heavy (non-hydrogen) atoms. The van der Waals surface area contributed by atoms with Gasteiger partial charge in [0.15, 0.2) is 0 Å². The highest BCUT2D eigenvalue weighted by Gasteiger charge is 2.11. The number of allylic oxidation sites excluding steroid dienone is 2. The van der Waals surface area contributed by atoms with E-state index < -0.39 is 0 Å². The summed E-state index contributed by atoms with van der Waals surface area (Å²) in [5, 5.41) is 0. The molecule has 0 spiro atoms. The Labute approximate surface area is 119 Å². The van der Waals surface area contributed by atoms with Crippen molar-refractivity contribution in [2.24, 2.45) is 0 Å². The quantitative estimate of drug-likeness (QED) is 0.700. The first-order valence-electron chi connectivity index (χ1n) is 6.90. The van der Waals surface area contributed by atoms with Gasteiger partial charge in [0.25, 0.3) is 0 Å². The Morgan fingerprint density at radius 3 is 2.58 bits per heavy atom. The van der Waals surface area contributed by atoms with Crippen molar-refractivity contribution in [2.75, 3.05) is 0 Å². The fourth-order valence-corrected chi connectivity index (χ4v) is 3.77. The molecule has 0 fully saturated rings. The van der Waals surface area contributed by atoms with E-state index in [1.54, 1.807) is 0 Å². The number of fused-ring (bicyclic) bond motifs is 1. The van der Waals surface area contributed by atoms with Crippen LogP contribution in [0.4, 0.5) is 0 Å². The first-order valence-corrected chi connectivity index (χ1v) is 7.71. The van der Waals surface area contributed by atoms with Crippen LogP contribution < -0.4 is 0 Å². The minimum absolute atomic E-state index is 1.08. The van der Waals surface area contributed by atoms with E-state index in [1.807, 2.05) is 11.8 Å². The predicted molar refractivity (Wildman–Crippen MR) is 82.9 cm³/mol. The Morgan fingerprint density at radius 1 is 0.895 bits per heavy atom. The average molecular weight is 266 g/mol. The summed E-state index contributed by atoms with van der Waals surface area (Å²) in [4.78, 5) is 2.82. The molecule has 1 aliphatic carbocycles. The van der Waals surface area contributed by atoms with Gasteiger partial charge in [-0.05, 0) is 48.1 Å². The molecule has 1 aliphatic rings. The Bertz CT molecular complexity index is 611. The zero-order chi connectivity index (χ0) is 13.1. The molecule has 0 heterocycles. The largest absolute Gasteiger partial charge is 0.0895 e. The van der Waals surface area contributed by atoms with Gasteiger partial charge in [-0.2, -0.15) is 0 Å². The number of benzene rings is 2. The summed E-state index contributed by atoms with van der Waals surface area (Å²) in [5.41, 5.74) is 4.44. The minimum atomic E-state index is 1.08. The van der Waals surface area contributed by atoms with Gasteiger partial charge in [-0.25, -0.2) is 0 Å². The van der Waals surface area contributed by atoms with Crippen LogP contribution in [0.1, 0.15) is 23.6 Å². The van der Waals surface area contributed by atoms with Crippen LogP contribution in [0.5, 0.6) is 0 Å². The summed E-state index contributed by atoms with van der Waals surface area (Å²) < 4.78 is 0. The summed E-state index contributed by atoms with van der Waals surface area (Å²) in [7, 11) is 0. The zero-order valence-electron chi connectivity index (χ0n) is 11.2. The van der Waals surface area contributed by atoms with Crippen LogP contribution in [0.2, 0.25) is 0 Å². The van der Waals surface area contributed by atoms with Gasteiger partial charge in [0.1, 0.15) is 0 Å². The summed E-state index contributed by atoms with van der Waals surface area (Å²) in [6.45, 7) is 2.22. The Kier molecular flexibility index (Phi) is 3.74. The Balaban J connectivity index is 1.96. The van der Waals surface area contributed by atoms with Gasteiger partial charge in [0.2, 0.25) is 0 Å². The SMILES string of the molecule is CCc1ccccc1Sc1cccc2c1CC=CC2. The van der Waals surface area contributed by atoms with Crippen molar-refractivity contribution in [3.8, 4) is 0 Å². The number of rotatable bonds is 3. The fourth-order valence-electron chi connectivity index (χ4n) is 2.56. The second-order valence-electron chi connectivity index (χ2n) is 4.84. The Hall–Kier alpha value is -1.47. The van der Waals surface area contributed by atoms with E-state index >= 15 is 0 Å². The van der Waals surface area contributed by atoms with Crippen molar-refractivity contribution in [3.05, 3.63) is 71.3 Å². The van der Waals surface area contributed by atoms with Gasteiger partial charge in [-0.3, -0.25) is 0 Å². The maximum atomic E-state index is 2.29. The molecule has 2 aromatic carbocycles. The molecule has 0 aliphatic heterocycles. The summed E-state index contributed by atoms with van der Waals surface area (Å²) in [5.74, 6) is 0. The van der Waals surface area contributed by atoms with Crippen LogP contribution in [0, 0.1) is 0 Å². The molecule has 1 heteroatoms. The molecule has 0 unspecified atom stereocenters. The monoisotopic (exact) mass is 266 g/mol. The fraction of sp³-hybridized carbons (Fsp3) is 0.222. The highest BCUT2D eigenvalue weighted by molar-refractivity contribution is 7.99. The van der Waals surface area contributed by atoms with Crippen LogP contribution in [0.25, 0.3) is 0 Å². The van der Waals surface area contributed by atoms with Crippen LogP contribution in [-0.2, 0) is 19.3 Å². The van der Waals surface area contributed by atoms with E-state index in [2.05, 4.69) is 61.5 Å². The van der Waals surface area contributed by atoms with Gasteiger partial charge < -0.3 is 0 Å². The van der Waals surface area contributed by atoms with Crippen LogP contribution in [0.15, 0.2) is 64.4 Å². The lowest BCUT2D eigenvalue weighted by molar-refractivity contribution is 1.04. The molecule has 0 aromatic heterocycles. The lowest BCUT2D eigenvalue weighted by atomic mass is 9.97. The molecule has 0 nitrogen and oxygen atoms in total. The summed E-state index contributed by atoms with van der Waals surface area (Å²) >= 11 is 1.92. The van der Waals surface area contributed by atoms with Crippen molar-refractivity contribution in [3.63, 3.8) is 0 Å². The smallest absolute Gasteiger partial charge is 0.0160 e. The van der Waals surface area contributed by atoms with Gasteiger partial charge in [0, 0.05) is 9.79 Å². The number of hydrogen-bond acceptors (Lipinski definition) is 1. The lowest BCUT2D eigenvalue weighted by Gasteiger charge is -2.16. The maximum absolute atomic E-state index is 2.29. The topological polar surface area (TPSA) is 0 Å². The first-order chi connectivity index (χ1) is 9.38. The van der Waals surface area contributed by atoms with E-state index in [1.165, 1.54) is 26.5 Å². The highest BCUT2D eigenvalue weighted by Crippen LogP contribution is 2.35. The van der Waals surface area contributed by atoms with Crippen molar-refractivity contribution < 1.29 is 0 Å². The molecule has 0 saturated heterocycles. The minimum Gasteiger partial charge on any atom is -0.0895 e. The lowest BCUT2D eigenvalue weighted by Crippen LogP contribution is -1.99. The van der Waals surface area contributed by atoms with Gasteiger partial charge in [0.05, 0.1) is 0 Å². The van der Waals surface area contributed by atoms with Crippen molar-refractivity contribution in [2.45, 2.75) is 36.0 Å². The standard InChI is InChI=1S/C18H18S/c1-2-14-8-4-6-12-17(14)19-18-13-7-10-15-9-3-5-11-16(15)18/h3-8,10,12-13H,2,9,11H2,1H3. The van der Waals surface area contributed by atoms with Crippen molar-refractivity contribution in [1.29, 1.82) is 0 Å². The van der Waals surface area contributed by atoms with E-state index in [0.717, 1.165) is 19.3 Å². The third-order valence-corrected chi connectivity index (χ3v) is 4.85. The van der Waals surface area contributed by atoms with E-state index in [4.69, 9.17) is 0 Å². The summed E-state index contributed by atoms with van der Waals surface area (Å²) in [6, 6.07) is 15.4. The predicted octanol–water partition coefficient (Wildman–Crippen LogP) is 5.06. The van der Waals surface area contributed by atoms with Crippen molar-refractivity contribution >= 4 is 11.8 Å². The molecule has 0 N–H and O–H groups in total. The maximum Gasteiger partial charge on any atom is 0.0160 e. The van der Waals surface area contributed by atoms with Gasteiger partial charge >= 0.3 is 0 Å². The molecule has 0 radical (unpaired) electrons. The third-order valence-electron chi connectivity index (χ3n) is 3.63. The third kappa shape index (κ3) is 2.62. The molecule has 2 aromatic rings. The van der Waals surface area contributed by atoms with Gasteiger partial charge in [-0.15, -0.1) is 0 Å². The molecular formula is C18H18S. The van der Waals surface area contributed by atoms with Crippen LogP contribution in [0.3, 0.4) is 0 Å².